The number of hydrogen-bond acceptors (Lipinski definition) is 1. The van der Waals surface area contributed by atoms with E-state index in [1.165, 1.54) is 32.1 Å². The van der Waals surface area contributed by atoms with Crippen molar-refractivity contribution in [3.05, 3.63) is 0 Å². The van der Waals surface area contributed by atoms with Gasteiger partial charge in [0, 0.05) is 13.2 Å². The predicted octanol–water partition coefficient (Wildman–Crippen LogP) is 3.24. The fraction of sp³-hybridized carbons (Fsp3) is 1.00. The molecule has 72 valence electrons. The standard InChI is InChI=1S/C11H22O/c1-3-4-10(2)9-11-5-7-12-8-6-11/h10-11H,3-9H2,1-2H3. The van der Waals surface area contributed by atoms with Crippen LogP contribution >= 0.6 is 0 Å². The predicted molar refractivity (Wildman–Crippen MR) is 52.2 cm³/mol. The van der Waals surface area contributed by atoms with E-state index in [0.29, 0.717) is 0 Å². The molecule has 1 fully saturated rings. The van der Waals surface area contributed by atoms with Gasteiger partial charge >= 0.3 is 0 Å². The van der Waals surface area contributed by atoms with Crippen LogP contribution in [-0.4, -0.2) is 13.2 Å². The van der Waals surface area contributed by atoms with Crippen molar-refractivity contribution in [2.75, 3.05) is 13.2 Å². The smallest absolute Gasteiger partial charge is 0.0468 e. The van der Waals surface area contributed by atoms with Crippen molar-refractivity contribution in [1.29, 1.82) is 0 Å². The Morgan fingerprint density at radius 2 is 2.00 bits per heavy atom. The summed E-state index contributed by atoms with van der Waals surface area (Å²) in [5.41, 5.74) is 0. The maximum Gasteiger partial charge on any atom is 0.0468 e. The first-order chi connectivity index (χ1) is 5.83. The third kappa shape index (κ3) is 3.57. The van der Waals surface area contributed by atoms with E-state index in [2.05, 4.69) is 13.8 Å². The molecule has 1 aliphatic rings. The summed E-state index contributed by atoms with van der Waals surface area (Å²) in [5.74, 6) is 1.89. The van der Waals surface area contributed by atoms with Crippen LogP contribution < -0.4 is 0 Å². The van der Waals surface area contributed by atoms with E-state index in [1.807, 2.05) is 0 Å². The molecular formula is C11H22O. The van der Waals surface area contributed by atoms with Gasteiger partial charge in [-0.3, -0.25) is 0 Å². The Bertz CT molecular complexity index is 106. The van der Waals surface area contributed by atoms with Crippen molar-refractivity contribution >= 4 is 0 Å². The second kappa shape index (κ2) is 5.58. The average molecular weight is 170 g/mol. The van der Waals surface area contributed by atoms with E-state index in [0.717, 1.165) is 25.0 Å². The van der Waals surface area contributed by atoms with Crippen LogP contribution in [0.25, 0.3) is 0 Å². The Labute approximate surface area is 76.5 Å². The summed E-state index contributed by atoms with van der Waals surface area (Å²) in [5, 5.41) is 0. The van der Waals surface area contributed by atoms with Crippen LogP contribution in [0, 0.1) is 11.8 Å². The molecule has 1 heteroatoms. The minimum Gasteiger partial charge on any atom is -0.381 e. The van der Waals surface area contributed by atoms with Gasteiger partial charge in [-0.1, -0.05) is 26.7 Å². The van der Waals surface area contributed by atoms with Crippen molar-refractivity contribution in [3.63, 3.8) is 0 Å². The molecule has 0 amide bonds. The van der Waals surface area contributed by atoms with Gasteiger partial charge in [-0.2, -0.15) is 0 Å². The quantitative estimate of drug-likeness (QED) is 0.629. The van der Waals surface area contributed by atoms with Gasteiger partial charge in [-0.25, -0.2) is 0 Å². The summed E-state index contributed by atoms with van der Waals surface area (Å²) in [4.78, 5) is 0. The molecule has 1 saturated heterocycles. The number of ether oxygens (including phenoxy) is 1. The molecule has 1 aliphatic heterocycles. The van der Waals surface area contributed by atoms with Crippen molar-refractivity contribution < 1.29 is 4.74 Å². The second-order valence-electron chi connectivity index (χ2n) is 4.19. The van der Waals surface area contributed by atoms with E-state index >= 15 is 0 Å². The summed E-state index contributed by atoms with van der Waals surface area (Å²) < 4.78 is 5.34. The first-order valence-electron chi connectivity index (χ1n) is 5.40. The van der Waals surface area contributed by atoms with E-state index < -0.39 is 0 Å². The second-order valence-corrected chi connectivity index (χ2v) is 4.19. The maximum atomic E-state index is 5.34. The van der Waals surface area contributed by atoms with Gasteiger partial charge in [0.2, 0.25) is 0 Å². The summed E-state index contributed by atoms with van der Waals surface area (Å²) in [6.45, 7) is 6.67. The molecule has 1 rings (SSSR count). The third-order valence-electron chi connectivity index (χ3n) is 2.86. The zero-order chi connectivity index (χ0) is 8.81. The molecule has 1 atom stereocenters. The molecule has 0 aromatic heterocycles. The van der Waals surface area contributed by atoms with Gasteiger partial charge in [0.25, 0.3) is 0 Å². The Morgan fingerprint density at radius 3 is 2.58 bits per heavy atom. The molecule has 1 unspecified atom stereocenters. The zero-order valence-corrected chi connectivity index (χ0v) is 8.51. The summed E-state index contributed by atoms with van der Waals surface area (Å²) in [6, 6.07) is 0. The lowest BCUT2D eigenvalue weighted by molar-refractivity contribution is 0.0589. The molecular weight excluding hydrogens is 148 g/mol. The largest absolute Gasteiger partial charge is 0.381 e. The first-order valence-corrected chi connectivity index (χ1v) is 5.40. The van der Waals surface area contributed by atoms with Gasteiger partial charge in [0.05, 0.1) is 0 Å². The van der Waals surface area contributed by atoms with Gasteiger partial charge in [-0.15, -0.1) is 0 Å². The highest BCUT2D eigenvalue weighted by Gasteiger charge is 2.15. The van der Waals surface area contributed by atoms with Crippen molar-refractivity contribution in [3.8, 4) is 0 Å². The molecule has 0 N–H and O–H groups in total. The molecule has 0 aromatic carbocycles. The van der Waals surface area contributed by atoms with Gasteiger partial charge in [-0.05, 0) is 31.1 Å². The molecule has 0 aromatic rings. The van der Waals surface area contributed by atoms with E-state index in [-0.39, 0.29) is 0 Å². The lowest BCUT2D eigenvalue weighted by Crippen LogP contribution is -2.17. The van der Waals surface area contributed by atoms with Gasteiger partial charge < -0.3 is 4.74 Å². The third-order valence-corrected chi connectivity index (χ3v) is 2.86. The summed E-state index contributed by atoms with van der Waals surface area (Å²) in [7, 11) is 0. The molecule has 12 heavy (non-hydrogen) atoms. The molecule has 1 heterocycles. The normalized spacial score (nSPS) is 22.5. The zero-order valence-electron chi connectivity index (χ0n) is 8.51. The maximum absolute atomic E-state index is 5.34. The molecule has 0 spiro atoms. The molecule has 0 saturated carbocycles. The van der Waals surface area contributed by atoms with Crippen LogP contribution in [0.15, 0.2) is 0 Å². The van der Waals surface area contributed by atoms with Crippen LogP contribution in [0.5, 0.6) is 0 Å². The van der Waals surface area contributed by atoms with Gasteiger partial charge in [0.1, 0.15) is 0 Å². The monoisotopic (exact) mass is 170 g/mol. The lowest BCUT2D eigenvalue weighted by Gasteiger charge is -2.24. The number of rotatable bonds is 4. The van der Waals surface area contributed by atoms with Crippen LogP contribution in [0.1, 0.15) is 46.0 Å². The minimum atomic E-state index is 0.929. The topological polar surface area (TPSA) is 9.23 Å². The fourth-order valence-corrected chi connectivity index (χ4v) is 2.16. The van der Waals surface area contributed by atoms with E-state index in [1.54, 1.807) is 0 Å². The SMILES string of the molecule is CCCC(C)CC1CCOCC1. The Kier molecular flexibility index (Phi) is 4.67. The minimum absolute atomic E-state index is 0.929. The van der Waals surface area contributed by atoms with Crippen molar-refractivity contribution in [2.45, 2.75) is 46.0 Å². The molecule has 0 aliphatic carbocycles. The molecule has 0 radical (unpaired) electrons. The van der Waals surface area contributed by atoms with Crippen LogP contribution in [-0.2, 0) is 4.74 Å². The molecule has 1 nitrogen and oxygen atoms in total. The average Bonchev–Trinajstić information content (AvgIpc) is 2.06. The molecule has 0 bridgehead atoms. The van der Waals surface area contributed by atoms with Crippen molar-refractivity contribution in [1.82, 2.24) is 0 Å². The van der Waals surface area contributed by atoms with Crippen LogP contribution in [0.4, 0.5) is 0 Å². The Balaban J connectivity index is 2.11. The summed E-state index contributed by atoms with van der Waals surface area (Å²) >= 11 is 0. The highest BCUT2D eigenvalue weighted by molar-refractivity contribution is 4.66. The van der Waals surface area contributed by atoms with Crippen LogP contribution in [0.3, 0.4) is 0 Å². The Hall–Kier alpha value is -0.0400. The summed E-state index contributed by atoms with van der Waals surface area (Å²) in [6.07, 6.45) is 6.76. The lowest BCUT2D eigenvalue weighted by atomic mass is 9.88. The fourth-order valence-electron chi connectivity index (χ4n) is 2.16. The van der Waals surface area contributed by atoms with E-state index in [9.17, 15) is 0 Å². The van der Waals surface area contributed by atoms with Crippen LogP contribution in [0.2, 0.25) is 0 Å². The highest BCUT2D eigenvalue weighted by atomic mass is 16.5. The number of hydrogen-bond donors (Lipinski definition) is 0. The van der Waals surface area contributed by atoms with E-state index in [4.69, 9.17) is 4.74 Å². The van der Waals surface area contributed by atoms with Crippen molar-refractivity contribution in [2.24, 2.45) is 11.8 Å². The Morgan fingerprint density at radius 1 is 1.33 bits per heavy atom. The highest BCUT2D eigenvalue weighted by Crippen LogP contribution is 2.24. The first kappa shape index (κ1) is 10.0. The van der Waals surface area contributed by atoms with Gasteiger partial charge in [0.15, 0.2) is 0 Å².